The highest BCUT2D eigenvalue weighted by Gasteiger charge is 2.54. The van der Waals surface area contributed by atoms with E-state index in [1.807, 2.05) is 11.8 Å². The number of ether oxygens (including phenoxy) is 1. The molecule has 0 saturated carbocycles. The molecule has 164 valence electrons. The summed E-state index contributed by atoms with van der Waals surface area (Å²) in [7, 11) is -2.63. The number of hydrogen-bond acceptors (Lipinski definition) is 5. The number of thioether (sulfide) groups is 1. The quantitative estimate of drug-likeness (QED) is 0.484. The minimum absolute atomic E-state index is 0.0354. The maximum absolute atomic E-state index is 13.8. The van der Waals surface area contributed by atoms with Crippen molar-refractivity contribution < 1.29 is 22.3 Å². The molecule has 8 heteroatoms. The zero-order chi connectivity index (χ0) is 22.2. The van der Waals surface area contributed by atoms with Crippen molar-refractivity contribution in [2.24, 2.45) is 0 Å². The number of fused-ring (bicyclic) bond motifs is 2. The molecule has 0 radical (unpaired) electrons. The summed E-state index contributed by atoms with van der Waals surface area (Å²) < 4.78 is 47.4. The van der Waals surface area contributed by atoms with Crippen LogP contribution in [-0.2, 0) is 20.2 Å². The van der Waals surface area contributed by atoms with E-state index in [9.17, 15) is 17.6 Å². The normalized spacial score (nSPS) is 19.8. The minimum atomic E-state index is -3.96. The third kappa shape index (κ3) is 3.55. The number of methoxy groups -OCH3 is 1. The molecule has 31 heavy (non-hydrogen) atoms. The lowest BCUT2D eigenvalue weighted by Gasteiger charge is -2.41. The average molecular weight is 462 g/mol. The van der Waals surface area contributed by atoms with E-state index in [1.54, 1.807) is 24.3 Å². The monoisotopic (exact) mass is 461 g/mol. The Morgan fingerprint density at radius 1 is 1.26 bits per heavy atom. The Labute approximate surface area is 186 Å². The predicted molar refractivity (Wildman–Crippen MR) is 121 cm³/mol. The summed E-state index contributed by atoms with van der Waals surface area (Å²) in [4.78, 5) is 12.2. The molecule has 4 rings (SSSR count). The first-order chi connectivity index (χ1) is 14.8. The summed E-state index contributed by atoms with van der Waals surface area (Å²) in [6, 6.07) is 9.59. The van der Waals surface area contributed by atoms with Gasteiger partial charge in [-0.1, -0.05) is 6.08 Å². The molecule has 0 aliphatic carbocycles. The number of rotatable bonds is 5. The van der Waals surface area contributed by atoms with E-state index in [-0.39, 0.29) is 10.9 Å². The lowest BCUT2D eigenvalue weighted by Crippen LogP contribution is -2.48. The summed E-state index contributed by atoms with van der Waals surface area (Å²) in [5.74, 6) is 0.857. The summed E-state index contributed by atoms with van der Waals surface area (Å²) in [5, 5.41) is 0. The fourth-order valence-electron chi connectivity index (χ4n) is 4.78. The Kier molecular flexibility index (Phi) is 5.87. The van der Waals surface area contributed by atoms with Crippen LogP contribution in [0.15, 0.2) is 60.0 Å². The van der Waals surface area contributed by atoms with Gasteiger partial charge in [0.15, 0.2) is 0 Å². The van der Waals surface area contributed by atoms with Crippen molar-refractivity contribution in [1.82, 2.24) is 0 Å². The van der Waals surface area contributed by atoms with Crippen LogP contribution in [0, 0.1) is 5.82 Å². The third-order valence-corrected chi connectivity index (χ3v) is 9.08. The van der Waals surface area contributed by atoms with Gasteiger partial charge >= 0.3 is 5.97 Å². The number of carbonyl (C=O) groups is 1. The number of hydrogen-bond donors (Lipinski definition) is 0. The molecule has 1 fully saturated rings. The molecule has 0 bridgehead atoms. The van der Waals surface area contributed by atoms with Crippen LogP contribution in [0.4, 0.5) is 10.1 Å². The predicted octanol–water partition coefficient (Wildman–Crippen LogP) is 4.53. The number of nitrogens with zero attached hydrogens (tertiary/aromatic N) is 1. The topological polar surface area (TPSA) is 63.7 Å². The van der Waals surface area contributed by atoms with E-state index in [2.05, 4.69) is 6.58 Å². The number of sulfonamides is 1. The highest BCUT2D eigenvalue weighted by Crippen LogP contribution is 2.55. The van der Waals surface area contributed by atoms with Crippen LogP contribution < -0.4 is 4.31 Å². The molecule has 2 aromatic rings. The van der Waals surface area contributed by atoms with Crippen LogP contribution in [0.5, 0.6) is 0 Å². The van der Waals surface area contributed by atoms with Gasteiger partial charge in [0.2, 0.25) is 0 Å². The minimum Gasteiger partial charge on any atom is -0.465 e. The Morgan fingerprint density at radius 3 is 2.55 bits per heavy atom. The van der Waals surface area contributed by atoms with Crippen LogP contribution in [0.25, 0.3) is 0 Å². The lowest BCUT2D eigenvalue weighted by atomic mass is 9.71. The molecular formula is C23H24FNO4S2. The molecule has 2 aromatic carbocycles. The van der Waals surface area contributed by atoms with Gasteiger partial charge in [-0.2, -0.15) is 11.8 Å². The average Bonchev–Trinajstić information content (AvgIpc) is 3.03. The molecular weight excluding hydrogens is 437 g/mol. The van der Waals surface area contributed by atoms with E-state index < -0.39 is 27.2 Å². The van der Waals surface area contributed by atoms with Gasteiger partial charge in [-0.05, 0) is 78.8 Å². The third-order valence-electron chi connectivity index (χ3n) is 6.26. The van der Waals surface area contributed by atoms with Crippen LogP contribution in [0.2, 0.25) is 0 Å². The van der Waals surface area contributed by atoms with Crippen molar-refractivity contribution >= 4 is 33.4 Å². The van der Waals surface area contributed by atoms with Crippen LogP contribution in [0.1, 0.15) is 35.2 Å². The second-order valence-corrected chi connectivity index (χ2v) is 10.8. The number of esters is 1. The van der Waals surface area contributed by atoms with Gasteiger partial charge in [0.1, 0.15) is 5.82 Å². The van der Waals surface area contributed by atoms with Crippen molar-refractivity contribution in [1.29, 1.82) is 0 Å². The van der Waals surface area contributed by atoms with E-state index in [1.165, 1.54) is 23.5 Å². The Balaban J connectivity index is 1.94. The highest BCUT2D eigenvalue weighted by atomic mass is 32.2. The summed E-state index contributed by atoms with van der Waals surface area (Å²) in [6.45, 7) is 3.87. The van der Waals surface area contributed by atoms with Crippen molar-refractivity contribution in [3.63, 3.8) is 0 Å². The number of anilines is 1. The van der Waals surface area contributed by atoms with E-state index in [0.717, 1.165) is 42.0 Å². The maximum atomic E-state index is 13.8. The molecule has 2 aliphatic rings. The van der Waals surface area contributed by atoms with Crippen LogP contribution in [-0.4, -0.2) is 39.0 Å². The second-order valence-electron chi connectivity index (χ2n) is 7.79. The van der Waals surface area contributed by atoms with Gasteiger partial charge in [-0.25, -0.2) is 17.6 Å². The second kappa shape index (κ2) is 8.31. The first kappa shape index (κ1) is 21.9. The zero-order valence-corrected chi connectivity index (χ0v) is 18.8. The van der Waals surface area contributed by atoms with Gasteiger partial charge in [-0.15, -0.1) is 6.58 Å². The molecule has 1 atom stereocenters. The lowest BCUT2D eigenvalue weighted by molar-refractivity contribution is 0.0600. The molecule has 5 nitrogen and oxygen atoms in total. The van der Waals surface area contributed by atoms with E-state index >= 15 is 0 Å². The molecule has 0 amide bonds. The molecule has 2 heterocycles. The Morgan fingerprint density at radius 2 is 1.94 bits per heavy atom. The molecule has 0 aromatic heterocycles. The molecule has 2 aliphatic heterocycles. The van der Waals surface area contributed by atoms with Gasteiger partial charge < -0.3 is 4.74 Å². The van der Waals surface area contributed by atoms with Gasteiger partial charge in [0.25, 0.3) is 10.0 Å². The Bertz CT molecular complexity index is 1110. The first-order valence-corrected chi connectivity index (χ1v) is 12.7. The smallest absolute Gasteiger partial charge is 0.337 e. The van der Waals surface area contributed by atoms with Crippen LogP contribution >= 0.6 is 11.8 Å². The fourth-order valence-corrected chi connectivity index (χ4v) is 7.75. The van der Waals surface area contributed by atoms with Gasteiger partial charge in [0, 0.05) is 5.41 Å². The number of carbonyl (C=O) groups excluding carboxylic acids is 1. The Hall–Kier alpha value is -2.32. The maximum Gasteiger partial charge on any atom is 0.337 e. The van der Waals surface area contributed by atoms with Gasteiger partial charge in [0.05, 0.1) is 29.3 Å². The van der Waals surface area contributed by atoms with Crippen LogP contribution in [0.3, 0.4) is 0 Å². The van der Waals surface area contributed by atoms with Crippen molar-refractivity contribution in [3.8, 4) is 0 Å². The van der Waals surface area contributed by atoms with Crippen molar-refractivity contribution in [3.05, 3.63) is 72.1 Å². The number of halogens is 1. The van der Waals surface area contributed by atoms with E-state index in [4.69, 9.17) is 4.74 Å². The van der Waals surface area contributed by atoms with E-state index in [0.29, 0.717) is 17.7 Å². The number of benzene rings is 2. The highest BCUT2D eigenvalue weighted by molar-refractivity contribution is 7.99. The first-order valence-electron chi connectivity index (χ1n) is 10.1. The summed E-state index contributed by atoms with van der Waals surface area (Å²) >= 11 is 1.85. The van der Waals surface area contributed by atoms with Gasteiger partial charge in [-0.3, -0.25) is 4.31 Å². The summed E-state index contributed by atoms with van der Waals surface area (Å²) in [6.07, 6.45) is 3.80. The van der Waals surface area contributed by atoms with Crippen molar-refractivity contribution in [2.75, 3.05) is 22.9 Å². The SMILES string of the molecule is C=CCC1N(S(=O)(=O)c2ccc(F)cc2)c2ccc(C(=O)OC)cc2C12CCSCC2. The fraction of sp³-hybridized carbons (Fsp3) is 0.348. The molecule has 1 saturated heterocycles. The molecule has 0 N–H and O–H groups in total. The summed E-state index contributed by atoms with van der Waals surface area (Å²) in [5.41, 5.74) is 1.40. The zero-order valence-electron chi connectivity index (χ0n) is 17.2. The molecule has 1 unspecified atom stereocenters. The standard InChI is InChI=1S/C23H24FNO4S2/c1-3-4-21-23(11-13-30-14-12-23)19-15-16(22(26)29-2)5-10-20(19)25(21)31(27,28)18-8-6-17(24)7-9-18/h3,5-10,15,21H,1,4,11-14H2,2H3. The van der Waals surface area contributed by atoms with Crippen molar-refractivity contribution in [2.45, 2.75) is 35.6 Å². The molecule has 1 spiro atoms. The largest absolute Gasteiger partial charge is 0.465 e.